The number of nitrogens with zero attached hydrogens (tertiary/aromatic N) is 1. The lowest BCUT2D eigenvalue weighted by Gasteiger charge is -2.19. The van der Waals surface area contributed by atoms with E-state index in [4.69, 9.17) is 23.7 Å². The van der Waals surface area contributed by atoms with Crippen molar-refractivity contribution in [3.8, 4) is 33.6 Å². The summed E-state index contributed by atoms with van der Waals surface area (Å²) < 4.78 is 27.9. The largest absolute Gasteiger partial charge is 0.493 e. The molecule has 0 fully saturated rings. The number of esters is 1. The Morgan fingerprint density at radius 1 is 1.10 bits per heavy atom. The summed E-state index contributed by atoms with van der Waals surface area (Å²) in [6.07, 6.45) is 0. The molecule has 0 radical (unpaired) electrons. The van der Waals surface area contributed by atoms with E-state index in [-0.39, 0.29) is 12.3 Å². The van der Waals surface area contributed by atoms with Gasteiger partial charge in [-0.2, -0.15) is 0 Å². The number of methoxy groups -OCH3 is 2. The Kier molecular flexibility index (Phi) is 6.10. The van der Waals surface area contributed by atoms with Crippen molar-refractivity contribution in [2.75, 3.05) is 27.4 Å². The van der Waals surface area contributed by atoms with Crippen LogP contribution >= 0.6 is 27.3 Å². The number of benzene rings is 2. The van der Waals surface area contributed by atoms with Crippen LogP contribution < -0.4 is 18.9 Å². The predicted molar refractivity (Wildman–Crippen MR) is 115 cm³/mol. The monoisotopic (exact) mass is 491 g/mol. The number of ether oxygens (including phenoxy) is 5. The zero-order valence-corrected chi connectivity index (χ0v) is 18.7. The van der Waals surface area contributed by atoms with Crippen molar-refractivity contribution >= 4 is 33.2 Å². The second-order valence-corrected chi connectivity index (χ2v) is 7.98. The number of carbonyl (C=O) groups is 1. The third kappa shape index (κ3) is 4.22. The van der Waals surface area contributed by atoms with Crippen LogP contribution in [0.5, 0.6) is 23.0 Å². The molecule has 30 heavy (non-hydrogen) atoms. The lowest BCUT2D eigenvalue weighted by atomic mass is 10.2. The maximum absolute atomic E-state index is 12.5. The van der Waals surface area contributed by atoms with Gasteiger partial charge in [-0.1, -0.05) is 15.9 Å². The minimum Gasteiger partial charge on any atom is -0.493 e. The summed E-state index contributed by atoms with van der Waals surface area (Å²) in [5, 5.41) is 2.36. The van der Waals surface area contributed by atoms with Gasteiger partial charge in [-0.05, 0) is 30.3 Å². The van der Waals surface area contributed by atoms with Crippen LogP contribution in [0, 0.1) is 0 Å². The molecule has 0 amide bonds. The SMILES string of the molecule is COc1ccc(-c2nc(C(=O)OCc3cc4c(cc3Br)OCCO4)cs2)cc1OC. The van der Waals surface area contributed by atoms with Crippen LogP contribution in [0.25, 0.3) is 10.6 Å². The van der Waals surface area contributed by atoms with E-state index in [9.17, 15) is 4.79 Å². The molecule has 0 aliphatic carbocycles. The van der Waals surface area contributed by atoms with E-state index in [2.05, 4.69) is 20.9 Å². The number of thiazole rings is 1. The summed E-state index contributed by atoms with van der Waals surface area (Å²) in [5.74, 6) is 2.03. The molecule has 1 aromatic heterocycles. The standard InChI is InChI=1S/C21H18BrNO6S/c1-25-16-4-3-12(7-17(16)26-2)20-23-15(11-30-20)21(24)29-10-13-8-18-19(9-14(13)22)28-6-5-27-18/h3-4,7-9,11H,5-6,10H2,1-2H3. The number of fused-ring (bicyclic) bond motifs is 1. The van der Waals surface area contributed by atoms with E-state index in [1.807, 2.05) is 24.3 Å². The Hall–Kier alpha value is -2.78. The minimum atomic E-state index is -0.500. The van der Waals surface area contributed by atoms with E-state index in [0.717, 1.165) is 15.6 Å². The van der Waals surface area contributed by atoms with Crippen LogP contribution in [0.2, 0.25) is 0 Å². The van der Waals surface area contributed by atoms with Crippen molar-refractivity contribution in [3.05, 3.63) is 51.4 Å². The molecule has 2 aromatic carbocycles. The molecule has 1 aliphatic rings. The Morgan fingerprint density at radius 3 is 2.57 bits per heavy atom. The summed E-state index contributed by atoms with van der Waals surface area (Å²) in [6.45, 7) is 1.09. The summed E-state index contributed by atoms with van der Waals surface area (Å²) in [7, 11) is 3.15. The van der Waals surface area contributed by atoms with Gasteiger partial charge in [0.25, 0.3) is 0 Å². The number of hydrogen-bond donors (Lipinski definition) is 0. The number of carbonyl (C=O) groups excluding carboxylic acids is 1. The minimum absolute atomic E-state index is 0.0826. The van der Waals surface area contributed by atoms with Crippen LogP contribution in [0.15, 0.2) is 40.2 Å². The molecule has 156 valence electrons. The fraction of sp³-hybridized carbons (Fsp3) is 0.238. The van der Waals surface area contributed by atoms with Crippen LogP contribution in [0.3, 0.4) is 0 Å². The average Bonchev–Trinajstić information content (AvgIpc) is 3.27. The van der Waals surface area contributed by atoms with Gasteiger partial charge >= 0.3 is 5.97 Å². The molecule has 0 N–H and O–H groups in total. The maximum Gasteiger partial charge on any atom is 0.358 e. The van der Waals surface area contributed by atoms with Gasteiger partial charge in [0.05, 0.1) is 14.2 Å². The topological polar surface area (TPSA) is 76.1 Å². The summed E-state index contributed by atoms with van der Waals surface area (Å²) in [6, 6.07) is 9.10. The van der Waals surface area contributed by atoms with Gasteiger partial charge in [-0.3, -0.25) is 0 Å². The first-order valence-corrected chi connectivity index (χ1v) is 10.7. The van der Waals surface area contributed by atoms with Gasteiger partial charge in [0.2, 0.25) is 0 Å². The van der Waals surface area contributed by atoms with E-state index in [0.29, 0.717) is 41.2 Å². The smallest absolute Gasteiger partial charge is 0.358 e. The molecule has 9 heteroatoms. The summed E-state index contributed by atoms with van der Waals surface area (Å²) >= 11 is 4.83. The molecule has 0 atom stereocenters. The van der Waals surface area contributed by atoms with Gasteiger partial charge in [0.15, 0.2) is 28.7 Å². The fourth-order valence-electron chi connectivity index (χ4n) is 2.90. The second kappa shape index (κ2) is 8.93. The second-order valence-electron chi connectivity index (χ2n) is 6.27. The summed E-state index contributed by atoms with van der Waals surface area (Å²) in [5.41, 5.74) is 1.85. The molecule has 3 aromatic rings. The van der Waals surface area contributed by atoms with Gasteiger partial charge in [0, 0.05) is 21.0 Å². The molecule has 0 unspecified atom stereocenters. The zero-order valence-electron chi connectivity index (χ0n) is 16.3. The van der Waals surface area contributed by atoms with E-state index in [1.165, 1.54) is 11.3 Å². The molecule has 0 spiro atoms. The fourth-order valence-corrected chi connectivity index (χ4v) is 4.13. The van der Waals surface area contributed by atoms with E-state index < -0.39 is 5.97 Å². The van der Waals surface area contributed by atoms with Gasteiger partial charge in [0.1, 0.15) is 24.8 Å². The first-order chi connectivity index (χ1) is 14.6. The quantitative estimate of drug-likeness (QED) is 0.461. The first-order valence-electron chi connectivity index (χ1n) is 9.02. The lowest BCUT2D eigenvalue weighted by Crippen LogP contribution is -2.15. The van der Waals surface area contributed by atoms with Gasteiger partial charge in [-0.25, -0.2) is 9.78 Å². The number of aromatic nitrogens is 1. The lowest BCUT2D eigenvalue weighted by molar-refractivity contribution is 0.0465. The van der Waals surface area contributed by atoms with Crippen molar-refractivity contribution in [1.29, 1.82) is 0 Å². The number of hydrogen-bond acceptors (Lipinski definition) is 8. The van der Waals surface area contributed by atoms with E-state index in [1.54, 1.807) is 25.7 Å². The third-order valence-electron chi connectivity index (χ3n) is 4.41. The van der Waals surface area contributed by atoms with Crippen molar-refractivity contribution in [1.82, 2.24) is 4.98 Å². The number of rotatable bonds is 6. The molecular weight excluding hydrogens is 474 g/mol. The first kappa shape index (κ1) is 20.5. The van der Waals surface area contributed by atoms with Gasteiger partial charge < -0.3 is 23.7 Å². The molecule has 4 rings (SSSR count). The molecule has 0 bridgehead atoms. The molecular formula is C21H18BrNO6S. The van der Waals surface area contributed by atoms with Crippen LogP contribution in [-0.4, -0.2) is 38.4 Å². The number of halogens is 1. The highest BCUT2D eigenvalue weighted by Crippen LogP contribution is 2.36. The highest BCUT2D eigenvalue weighted by Gasteiger charge is 2.18. The predicted octanol–water partition coefficient (Wildman–Crippen LogP) is 4.72. The molecule has 2 heterocycles. The van der Waals surface area contributed by atoms with Crippen molar-refractivity contribution in [2.24, 2.45) is 0 Å². The van der Waals surface area contributed by atoms with Gasteiger partial charge in [-0.15, -0.1) is 11.3 Å². The molecule has 0 saturated heterocycles. The zero-order chi connectivity index (χ0) is 21.1. The van der Waals surface area contributed by atoms with Crippen molar-refractivity contribution in [2.45, 2.75) is 6.61 Å². The highest BCUT2D eigenvalue weighted by atomic mass is 79.9. The van der Waals surface area contributed by atoms with Crippen LogP contribution in [0.4, 0.5) is 0 Å². The highest BCUT2D eigenvalue weighted by molar-refractivity contribution is 9.10. The maximum atomic E-state index is 12.5. The van der Waals surface area contributed by atoms with E-state index >= 15 is 0 Å². The Balaban J connectivity index is 1.46. The molecule has 7 nitrogen and oxygen atoms in total. The average molecular weight is 492 g/mol. The molecule has 1 aliphatic heterocycles. The van der Waals surface area contributed by atoms with Crippen molar-refractivity contribution in [3.63, 3.8) is 0 Å². The van der Waals surface area contributed by atoms with Crippen molar-refractivity contribution < 1.29 is 28.5 Å². The Labute approximate surface area is 185 Å². The Morgan fingerprint density at radius 2 is 1.83 bits per heavy atom. The normalized spacial score (nSPS) is 12.4. The van der Waals surface area contributed by atoms with Crippen LogP contribution in [-0.2, 0) is 11.3 Å². The Bertz CT molecular complexity index is 1080. The van der Waals surface area contributed by atoms with Crippen LogP contribution in [0.1, 0.15) is 16.1 Å². The molecule has 0 saturated carbocycles. The third-order valence-corrected chi connectivity index (χ3v) is 6.04. The summed E-state index contributed by atoms with van der Waals surface area (Å²) in [4.78, 5) is 16.9.